The fourth-order valence-corrected chi connectivity index (χ4v) is 3.68. The zero-order valence-electron chi connectivity index (χ0n) is 17.5. The molecule has 3 aromatic rings. The minimum absolute atomic E-state index is 0.0825. The Morgan fingerprint density at radius 1 is 1.06 bits per heavy atom. The van der Waals surface area contributed by atoms with Crippen LogP contribution < -0.4 is 15.2 Å². The van der Waals surface area contributed by atoms with Crippen LogP contribution >= 0.6 is 11.6 Å². The second-order valence-corrected chi connectivity index (χ2v) is 7.75. The van der Waals surface area contributed by atoms with Gasteiger partial charge in [0.2, 0.25) is 5.43 Å². The molecule has 0 bridgehead atoms. The molecule has 9 heteroatoms. The summed E-state index contributed by atoms with van der Waals surface area (Å²) >= 11 is 5.87. The molecule has 1 aliphatic heterocycles. The third-order valence-corrected chi connectivity index (χ3v) is 5.50. The van der Waals surface area contributed by atoms with Crippen LogP contribution in [0.4, 0.5) is 4.39 Å². The highest BCUT2D eigenvalue weighted by molar-refractivity contribution is 6.32. The SMILES string of the molecule is O=C1c2c(O)c(=O)ccn2N(Cc2ccccc2)CN1C/C=C/COc1cccc(F)c1Cl. The summed E-state index contributed by atoms with van der Waals surface area (Å²) in [7, 11) is 0. The summed E-state index contributed by atoms with van der Waals surface area (Å²) in [4.78, 5) is 26.5. The van der Waals surface area contributed by atoms with E-state index >= 15 is 0 Å². The van der Waals surface area contributed by atoms with Gasteiger partial charge >= 0.3 is 0 Å². The standard InChI is InChI=1S/C24H21ClFN3O4/c25-21-18(26)9-6-10-20(21)33-14-5-4-12-27-16-28(15-17-7-2-1-3-8-17)29-13-11-19(30)23(31)22(29)24(27)32/h1-11,13,31H,12,14-16H2/b5-4+. The first-order chi connectivity index (χ1) is 16.0. The maximum atomic E-state index is 13.5. The van der Waals surface area contributed by atoms with Crippen molar-refractivity contribution in [2.24, 2.45) is 0 Å². The molecule has 170 valence electrons. The number of halogens is 2. The van der Waals surface area contributed by atoms with Crippen molar-refractivity contribution in [1.82, 2.24) is 9.58 Å². The summed E-state index contributed by atoms with van der Waals surface area (Å²) in [6.07, 6.45) is 4.89. The maximum absolute atomic E-state index is 13.5. The molecular weight excluding hydrogens is 449 g/mol. The van der Waals surface area contributed by atoms with Gasteiger partial charge in [-0.25, -0.2) is 4.39 Å². The van der Waals surface area contributed by atoms with Crippen molar-refractivity contribution in [2.45, 2.75) is 6.54 Å². The van der Waals surface area contributed by atoms with Crippen LogP contribution in [0.25, 0.3) is 0 Å². The van der Waals surface area contributed by atoms with Crippen LogP contribution in [0, 0.1) is 5.82 Å². The molecule has 0 atom stereocenters. The zero-order valence-corrected chi connectivity index (χ0v) is 18.3. The topological polar surface area (TPSA) is 75.0 Å². The summed E-state index contributed by atoms with van der Waals surface area (Å²) < 4.78 is 20.5. The Morgan fingerprint density at radius 3 is 2.64 bits per heavy atom. The van der Waals surface area contributed by atoms with Crippen molar-refractivity contribution in [1.29, 1.82) is 0 Å². The summed E-state index contributed by atoms with van der Waals surface area (Å²) in [5.41, 5.74) is 0.305. The Labute approximate surface area is 194 Å². The molecule has 0 fully saturated rings. The third-order valence-electron chi connectivity index (χ3n) is 5.13. The van der Waals surface area contributed by atoms with Gasteiger partial charge in [0.15, 0.2) is 11.4 Å². The number of pyridine rings is 1. The van der Waals surface area contributed by atoms with E-state index in [2.05, 4.69) is 0 Å². The lowest BCUT2D eigenvalue weighted by atomic mass is 10.2. The van der Waals surface area contributed by atoms with E-state index in [1.807, 2.05) is 35.3 Å². The van der Waals surface area contributed by atoms with E-state index in [9.17, 15) is 19.1 Å². The van der Waals surface area contributed by atoms with E-state index in [4.69, 9.17) is 16.3 Å². The zero-order chi connectivity index (χ0) is 23.4. The molecule has 0 saturated heterocycles. The molecule has 1 N–H and O–H groups in total. The molecule has 1 amide bonds. The number of carbonyl (C=O) groups excluding carboxylic acids is 1. The molecule has 7 nitrogen and oxygen atoms in total. The van der Waals surface area contributed by atoms with Gasteiger partial charge in [-0.1, -0.05) is 54.1 Å². The molecule has 1 aromatic heterocycles. The van der Waals surface area contributed by atoms with Gasteiger partial charge in [0.25, 0.3) is 5.91 Å². The van der Waals surface area contributed by atoms with Crippen molar-refractivity contribution in [3.63, 3.8) is 0 Å². The van der Waals surface area contributed by atoms with Gasteiger partial charge in [-0.3, -0.25) is 19.3 Å². The van der Waals surface area contributed by atoms with Gasteiger partial charge in [-0.15, -0.1) is 0 Å². The number of ether oxygens (including phenoxy) is 1. The normalized spacial score (nSPS) is 13.5. The number of rotatable bonds is 7. The van der Waals surface area contributed by atoms with Crippen molar-refractivity contribution in [2.75, 3.05) is 24.8 Å². The van der Waals surface area contributed by atoms with Crippen molar-refractivity contribution in [3.05, 3.63) is 105 Å². The van der Waals surface area contributed by atoms with Crippen LogP contribution in [0.1, 0.15) is 16.1 Å². The minimum atomic E-state index is -0.618. The van der Waals surface area contributed by atoms with E-state index in [0.29, 0.717) is 6.54 Å². The van der Waals surface area contributed by atoms with Gasteiger partial charge in [0.1, 0.15) is 29.9 Å². The Hall–Kier alpha value is -3.78. The van der Waals surface area contributed by atoms with Crippen molar-refractivity contribution in [3.8, 4) is 11.5 Å². The molecule has 0 spiro atoms. The largest absolute Gasteiger partial charge is 0.502 e. The fraction of sp³-hybridized carbons (Fsp3) is 0.167. The molecular formula is C24H21ClFN3O4. The number of nitrogens with zero attached hydrogens (tertiary/aromatic N) is 3. The predicted octanol–water partition coefficient (Wildman–Crippen LogP) is 3.53. The number of hydrogen-bond donors (Lipinski definition) is 1. The molecule has 4 rings (SSSR count). The summed E-state index contributed by atoms with van der Waals surface area (Å²) in [6.45, 7) is 1.04. The van der Waals surface area contributed by atoms with Crippen LogP contribution in [-0.4, -0.2) is 40.4 Å². The lowest BCUT2D eigenvalue weighted by Crippen LogP contribution is -2.53. The molecule has 0 radical (unpaired) electrons. The highest BCUT2D eigenvalue weighted by atomic mass is 35.5. The average molecular weight is 470 g/mol. The molecule has 0 unspecified atom stereocenters. The minimum Gasteiger partial charge on any atom is -0.502 e. The summed E-state index contributed by atoms with van der Waals surface area (Å²) in [6, 6.07) is 15.2. The Balaban J connectivity index is 1.49. The van der Waals surface area contributed by atoms with E-state index in [1.165, 1.54) is 34.0 Å². The molecule has 33 heavy (non-hydrogen) atoms. The van der Waals surface area contributed by atoms with Gasteiger partial charge in [-0.2, -0.15) is 0 Å². The second-order valence-electron chi connectivity index (χ2n) is 7.38. The van der Waals surface area contributed by atoms with E-state index < -0.39 is 22.9 Å². The van der Waals surface area contributed by atoms with E-state index in [1.54, 1.807) is 18.2 Å². The number of amides is 1. The van der Waals surface area contributed by atoms with E-state index in [0.717, 1.165) is 5.56 Å². The molecule has 0 saturated carbocycles. The quantitative estimate of drug-likeness (QED) is 0.536. The Kier molecular flexibility index (Phi) is 6.65. The number of carbonyl (C=O) groups is 1. The number of fused-ring (bicyclic) bond motifs is 1. The number of aromatic hydroxyl groups is 1. The van der Waals surface area contributed by atoms with Gasteiger partial charge < -0.3 is 14.7 Å². The lowest BCUT2D eigenvalue weighted by Gasteiger charge is -2.39. The Morgan fingerprint density at radius 2 is 1.85 bits per heavy atom. The summed E-state index contributed by atoms with van der Waals surface area (Å²) in [5, 5.41) is 12.1. The second kappa shape index (κ2) is 9.79. The average Bonchev–Trinajstić information content (AvgIpc) is 2.81. The molecule has 2 aromatic carbocycles. The predicted molar refractivity (Wildman–Crippen MR) is 123 cm³/mol. The highest BCUT2D eigenvalue weighted by Gasteiger charge is 2.31. The molecule has 1 aliphatic rings. The van der Waals surface area contributed by atoms with Crippen molar-refractivity contribution >= 4 is 17.5 Å². The third kappa shape index (κ3) is 4.85. The number of benzene rings is 2. The fourth-order valence-electron chi connectivity index (χ4n) is 3.50. The maximum Gasteiger partial charge on any atom is 0.278 e. The first kappa shape index (κ1) is 22.4. The summed E-state index contributed by atoms with van der Waals surface area (Å²) in [5.74, 6) is -1.39. The Bertz CT molecular complexity index is 1250. The number of hydrogen-bond acceptors (Lipinski definition) is 5. The van der Waals surface area contributed by atoms with Crippen LogP contribution in [0.5, 0.6) is 11.5 Å². The van der Waals surface area contributed by atoms with Gasteiger partial charge in [-0.05, 0) is 23.8 Å². The first-order valence-corrected chi connectivity index (χ1v) is 10.6. The molecule has 0 aliphatic carbocycles. The highest BCUT2D eigenvalue weighted by Crippen LogP contribution is 2.26. The van der Waals surface area contributed by atoms with Crippen LogP contribution in [0.3, 0.4) is 0 Å². The molecule has 2 heterocycles. The van der Waals surface area contributed by atoms with Crippen LogP contribution in [-0.2, 0) is 6.54 Å². The van der Waals surface area contributed by atoms with Crippen LogP contribution in [0.15, 0.2) is 77.7 Å². The van der Waals surface area contributed by atoms with Gasteiger partial charge in [0, 0.05) is 18.8 Å². The van der Waals surface area contributed by atoms with Crippen LogP contribution in [0.2, 0.25) is 5.02 Å². The van der Waals surface area contributed by atoms with Gasteiger partial charge in [0.05, 0.1) is 6.54 Å². The van der Waals surface area contributed by atoms with Crippen molar-refractivity contribution < 1.29 is 19.0 Å². The number of aromatic nitrogens is 1. The first-order valence-electron chi connectivity index (χ1n) is 10.2. The van der Waals surface area contributed by atoms with E-state index in [-0.39, 0.29) is 36.3 Å². The monoisotopic (exact) mass is 469 g/mol. The lowest BCUT2D eigenvalue weighted by molar-refractivity contribution is 0.0706. The smallest absolute Gasteiger partial charge is 0.278 e.